The van der Waals surface area contributed by atoms with Crippen molar-refractivity contribution < 1.29 is 23.6 Å². The highest BCUT2D eigenvalue weighted by Crippen LogP contribution is 2.33. The number of imide groups is 1. The summed E-state index contributed by atoms with van der Waals surface area (Å²) in [7, 11) is 0. The molecule has 5 rings (SSSR count). The van der Waals surface area contributed by atoms with E-state index in [0.29, 0.717) is 43.1 Å². The Bertz CT molecular complexity index is 1110. The fraction of sp³-hybridized carbons (Fsp3) is 0.381. The highest BCUT2D eigenvalue weighted by Gasteiger charge is 2.40. The first-order valence-electron chi connectivity index (χ1n) is 10.4. The number of fused-ring (bicyclic) bond motifs is 1. The first kappa shape index (κ1) is 20.2. The number of hydrogen-bond acceptors (Lipinski definition) is 6. The zero-order chi connectivity index (χ0) is 22.4. The van der Waals surface area contributed by atoms with E-state index in [1.165, 1.54) is 23.5 Å². The lowest BCUT2D eigenvalue weighted by Gasteiger charge is -2.36. The molecule has 0 saturated carbocycles. The van der Waals surface area contributed by atoms with Crippen LogP contribution in [0.1, 0.15) is 39.3 Å². The number of piperidine rings is 1. The predicted molar refractivity (Wildman–Crippen MR) is 109 cm³/mol. The molecule has 3 aliphatic rings. The normalized spacial score (nSPS) is 21.1. The van der Waals surface area contributed by atoms with E-state index in [2.05, 4.69) is 15.3 Å². The zero-order valence-corrected chi connectivity index (χ0v) is 17.1. The number of aromatic amines is 1. The van der Waals surface area contributed by atoms with E-state index in [4.69, 9.17) is 0 Å². The van der Waals surface area contributed by atoms with Gasteiger partial charge in [-0.25, -0.2) is 9.37 Å². The number of carbonyl (C=O) groups is 4. The van der Waals surface area contributed by atoms with Crippen molar-refractivity contribution in [1.29, 1.82) is 0 Å². The average Bonchev–Trinajstić information content (AvgIpc) is 3.42. The largest absolute Gasteiger partial charge is 0.366 e. The number of amides is 4. The van der Waals surface area contributed by atoms with Gasteiger partial charge in [-0.3, -0.25) is 24.5 Å². The second-order valence-corrected chi connectivity index (χ2v) is 8.11. The van der Waals surface area contributed by atoms with Gasteiger partial charge in [0.2, 0.25) is 11.8 Å². The third kappa shape index (κ3) is 3.39. The summed E-state index contributed by atoms with van der Waals surface area (Å²) >= 11 is 0. The molecule has 4 heterocycles. The van der Waals surface area contributed by atoms with E-state index in [1.807, 2.05) is 4.90 Å². The topological polar surface area (TPSA) is 119 Å². The van der Waals surface area contributed by atoms with Gasteiger partial charge < -0.3 is 19.7 Å². The van der Waals surface area contributed by atoms with Crippen molar-refractivity contribution in [1.82, 2.24) is 25.1 Å². The fourth-order valence-corrected chi connectivity index (χ4v) is 4.51. The van der Waals surface area contributed by atoms with Gasteiger partial charge in [0, 0.05) is 44.7 Å². The van der Waals surface area contributed by atoms with E-state index in [9.17, 15) is 23.6 Å². The SMILES string of the molecule is O=C1CCC(N2Cc3cc(N4CCN(C(=O)c5cnc[nH]5)CC4)c(F)cc3C2=O)C(=O)N1. The lowest BCUT2D eigenvalue weighted by Crippen LogP contribution is -2.52. The first-order valence-corrected chi connectivity index (χ1v) is 10.4. The minimum Gasteiger partial charge on any atom is -0.366 e. The molecule has 0 bridgehead atoms. The van der Waals surface area contributed by atoms with Crippen LogP contribution < -0.4 is 10.2 Å². The fourth-order valence-electron chi connectivity index (χ4n) is 4.51. The molecule has 166 valence electrons. The van der Waals surface area contributed by atoms with Crippen LogP contribution in [-0.2, 0) is 16.1 Å². The van der Waals surface area contributed by atoms with Crippen molar-refractivity contribution in [3.05, 3.63) is 47.3 Å². The number of benzene rings is 1. The maximum absolute atomic E-state index is 14.9. The van der Waals surface area contributed by atoms with Gasteiger partial charge in [0.15, 0.2) is 0 Å². The molecule has 3 aliphatic heterocycles. The monoisotopic (exact) mass is 440 g/mol. The smallest absolute Gasteiger partial charge is 0.272 e. The van der Waals surface area contributed by atoms with E-state index in [0.717, 1.165) is 0 Å². The molecular weight excluding hydrogens is 419 g/mol. The van der Waals surface area contributed by atoms with Crippen LogP contribution in [0.2, 0.25) is 0 Å². The Morgan fingerprint density at radius 1 is 1.12 bits per heavy atom. The molecule has 1 atom stereocenters. The second-order valence-electron chi connectivity index (χ2n) is 8.11. The Kier molecular flexibility index (Phi) is 4.87. The number of rotatable bonds is 3. The number of H-pyrrole nitrogens is 1. The number of carbonyl (C=O) groups excluding carboxylic acids is 4. The van der Waals surface area contributed by atoms with Crippen molar-refractivity contribution in [2.24, 2.45) is 0 Å². The van der Waals surface area contributed by atoms with Crippen LogP contribution in [0.5, 0.6) is 0 Å². The number of nitrogens with one attached hydrogen (secondary N) is 2. The number of hydrogen-bond donors (Lipinski definition) is 2. The molecule has 0 spiro atoms. The van der Waals surface area contributed by atoms with E-state index >= 15 is 0 Å². The van der Waals surface area contributed by atoms with Gasteiger partial charge in [-0.05, 0) is 24.1 Å². The molecule has 2 N–H and O–H groups in total. The molecule has 0 radical (unpaired) electrons. The molecule has 4 amide bonds. The van der Waals surface area contributed by atoms with Crippen molar-refractivity contribution in [2.45, 2.75) is 25.4 Å². The average molecular weight is 440 g/mol. The molecule has 32 heavy (non-hydrogen) atoms. The molecule has 1 aromatic carbocycles. The molecule has 2 aromatic rings. The van der Waals surface area contributed by atoms with Gasteiger partial charge >= 0.3 is 0 Å². The summed E-state index contributed by atoms with van der Waals surface area (Å²) in [5.74, 6) is -1.93. The number of piperazine rings is 1. The molecule has 1 aromatic heterocycles. The van der Waals surface area contributed by atoms with E-state index < -0.39 is 23.7 Å². The van der Waals surface area contributed by atoms with Gasteiger partial charge in [-0.2, -0.15) is 0 Å². The highest BCUT2D eigenvalue weighted by molar-refractivity contribution is 6.05. The van der Waals surface area contributed by atoms with Crippen molar-refractivity contribution in [3.8, 4) is 0 Å². The molecule has 2 saturated heterocycles. The zero-order valence-electron chi connectivity index (χ0n) is 17.1. The molecule has 10 nitrogen and oxygen atoms in total. The Morgan fingerprint density at radius 3 is 2.59 bits per heavy atom. The number of imidazole rings is 1. The molecular formula is C21H21FN6O4. The Morgan fingerprint density at radius 2 is 1.91 bits per heavy atom. The third-order valence-electron chi connectivity index (χ3n) is 6.23. The lowest BCUT2D eigenvalue weighted by molar-refractivity contribution is -0.136. The Hall–Kier alpha value is -3.76. The van der Waals surface area contributed by atoms with Gasteiger partial charge in [0.1, 0.15) is 17.6 Å². The number of anilines is 1. The van der Waals surface area contributed by atoms with Gasteiger partial charge in [-0.1, -0.05) is 0 Å². The second kappa shape index (κ2) is 7.74. The van der Waals surface area contributed by atoms with Crippen LogP contribution in [0.25, 0.3) is 0 Å². The van der Waals surface area contributed by atoms with Crippen LogP contribution in [0.4, 0.5) is 10.1 Å². The molecule has 1 unspecified atom stereocenters. The van der Waals surface area contributed by atoms with Crippen molar-refractivity contribution in [2.75, 3.05) is 31.1 Å². The van der Waals surface area contributed by atoms with Gasteiger partial charge in [0.05, 0.1) is 18.2 Å². The molecule has 2 fully saturated rings. The summed E-state index contributed by atoms with van der Waals surface area (Å²) in [6.07, 6.45) is 3.34. The summed E-state index contributed by atoms with van der Waals surface area (Å²) in [5.41, 5.74) is 1.67. The first-order chi connectivity index (χ1) is 15.4. The molecule has 0 aliphatic carbocycles. The number of halogens is 1. The third-order valence-corrected chi connectivity index (χ3v) is 6.23. The summed E-state index contributed by atoms with van der Waals surface area (Å²) in [6, 6.07) is 2.14. The maximum Gasteiger partial charge on any atom is 0.272 e. The van der Waals surface area contributed by atoms with Crippen LogP contribution in [0.3, 0.4) is 0 Å². The Balaban J connectivity index is 1.30. The predicted octanol–water partition coefficient (Wildman–Crippen LogP) is 0.272. The summed E-state index contributed by atoms with van der Waals surface area (Å²) in [5, 5.41) is 2.26. The Labute approximate surface area is 182 Å². The van der Waals surface area contributed by atoms with Crippen LogP contribution >= 0.6 is 0 Å². The number of nitrogens with zero attached hydrogens (tertiary/aromatic N) is 4. The van der Waals surface area contributed by atoms with Crippen LogP contribution in [0, 0.1) is 5.82 Å². The minimum absolute atomic E-state index is 0.151. The minimum atomic E-state index is -0.740. The van der Waals surface area contributed by atoms with E-state index in [-0.39, 0.29) is 36.8 Å². The van der Waals surface area contributed by atoms with Gasteiger partial charge in [-0.15, -0.1) is 0 Å². The van der Waals surface area contributed by atoms with Crippen molar-refractivity contribution in [3.63, 3.8) is 0 Å². The van der Waals surface area contributed by atoms with Gasteiger partial charge in [0.25, 0.3) is 11.8 Å². The summed E-state index contributed by atoms with van der Waals surface area (Å²) in [4.78, 5) is 60.5. The number of aromatic nitrogens is 2. The lowest BCUT2D eigenvalue weighted by atomic mass is 10.0. The van der Waals surface area contributed by atoms with E-state index in [1.54, 1.807) is 11.0 Å². The summed E-state index contributed by atoms with van der Waals surface area (Å²) < 4.78 is 14.9. The van der Waals surface area contributed by atoms with Crippen LogP contribution in [0.15, 0.2) is 24.7 Å². The van der Waals surface area contributed by atoms with Crippen LogP contribution in [-0.4, -0.2) is 75.6 Å². The highest BCUT2D eigenvalue weighted by atomic mass is 19.1. The maximum atomic E-state index is 14.9. The summed E-state index contributed by atoms with van der Waals surface area (Å²) in [6.45, 7) is 1.93. The molecule has 11 heteroatoms. The standard InChI is InChI=1S/C21H21FN6O4/c22-14-8-13-12(10-28(20(13)31)16-1-2-18(29)25-19(16)30)7-17(14)26-3-5-27(6-4-26)21(32)15-9-23-11-24-15/h7-9,11,16H,1-6,10H2,(H,23,24)(H,25,29,30). The van der Waals surface area contributed by atoms with Crippen molar-refractivity contribution >= 4 is 29.3 Å². The quantitative estimate of drug-likeness (QED) is 0.662.